The van der Waals surface area contributed by atoms with Crippen LogP contribution in [0.3, 0.4) is 0 Å². The first-order chi connectivity index (χ1) is 10.1. The lowest BCUT2D eigenvalue weighted by Gasteiger charge is -2.21. The molecule has 1 rings (SSSR count). The molecule has 21 heavy (non-hydrogen) atoms. The highest BCUT2D eigenvalue weighted by Crippen LogP contribution is 2.28. The Labute approximate surface area is 126 Å². The molecule has 0 radical (unpaired) electrons. The average molecular weight is 295 g/mol. The van der Waals surface area contributed by atoms with Gasteiger partial charge in [0.1, 0.15) is 0 Å². The highest BCUT2D eigenvalue weighted by atomic mass is 16.5. The Balaban J connectivity index is 2.81. The third-order valence-electron chi connectivity index (χ3n) is 3.47. The quantitative estimate of drug-likeness (QED) is 0.744. The molecule has 5 nitrogen and oxygen atoms in total. The van der Waals surface area contributed by atoms with Crippen LogP contribution in [0.25, 0.3) is 0 Å². The first-order valence-corrected chi connectivity index (χ1v) is 7.20. The summed E-state index contributed by atoms with van der Waals surface area (Å²) in [6.07, 6.45) is 1.24. The Morgan fingerprint density at radius 1 is 1.19 bits per heavy atom. The van der Waals surface area contributed by atoms with Gasteiger partial charge in [-0.25, -0.2) is 0 Å². The number of nitrogens with two attached hydrogens (primary N) is 1. The zero-order chi connectivity index (χ0) is 15.8. The highest BCUT2D eigenvalue weighted by molar-refractivity contribution is 5.73. The van der Waals surface area contributed by atoms with Crippen molar-refractivity contribution in [1.29, 1.82) is 0 Å². The maximum atomic E-state index is 11.9. The summed E-state index contributed by atoms with van der Waals surface area (Å²) in [7, 11) is 3.19. The fourth-order valence-corrected chi connectivity index (χ4v) is 2.32. The van der Waals surface area contributed by atoms with Crippen LogP contribution >= 0.6 is 0 Å². The minimum absolute atomic E-state index is 0.229. The number of esters is 1. The highest BCUT2D eigenvalue weighted by Gasteiger charge is 2.25. The lowest BCUT2D eigenvalue weighted by atomic mass is 9.92. The fraction of sp³-hybridized carbons (Fsp3) is 0.562. The molecule has 0 amide bonds. The van der Waals surface area contributed by atoms with E-state index in [1.54, 1.807) is 21.1 Å². The van der Waals surface area contributed by atoms with Crippen LogP contribution in [-0.2, 0) is 16.0 Å². The van der Waals surface area contributed by atoms with Crippen LogP contribution in [0.2, 0.25) is 0 Å². The Bertz CT molecular complexity index is 462. The summed E-state index contributed by atoms with van der Waals surface area (Å²) in [5, 5.41) is 0. The Kier molecular flexibility index (Phi) is 7.02. The molecule has 0 unspecified atom stereocenters. The van der Waals surface area contributed by atoms with Gasteiger partial charge >= 0.3 is 5.97 Å². The van der Waals surface area contributed by atoms with E-state index in [2.05, 4.69) is 0 Å². The Hall–Kier alpha value is -1.75. The molecule has 0 fully saturated rings. The van der Waals surface area contributed by atoms with Gasteiger partial charge < -0.3 is 19.9 Å². The summed E-state index contributed by atoms with van der Waals surface area (Å²) in [5.74, 6) is 0.810. The van der Waals surface area contributed by atoms with Crippen LogP contribution in [0.4, 0.5) is 0 Å². The van der Waals surface area contributed by atoms with E-state index in [9.17, 15) is 4.79 Å². The molecule has 0 aliphatic rings. The van der Waals surface area contributed by atoms with Gasteiger partial charge in [-0.2, -0.15) is 0 Å². The molecule has 118 valence electrons. The second kappa shape index (κ2) is 8.52. The van der Waals surface area contributed by atoms with Crippen molar-refractivity contribution in [2.45, 2.75) is 32.7 Å². The number of hydrogen-bond donors (Lipinski definition) is 1. The van der Waals surface area contributed by atoms with E-state index < -0.39 is 0 Å². The summed E-state index contributed by atoms with van der Waals surface area (Å²) in [4.78, 5) is 11.9. The topological polar surface area (TPSA) is 70.8 Å². The van der Waals surface area contributed by atoms with E-state index in [-0.39, 0.29) is 17.9 Å². The summed E-state index contributed by atoms with van der Waals surface area (Å²) >= 11 is 0. The van der Waals surface area contributed by atoms with Crippen molar-refractivity contribution >= 4 is 5.97 Å². The van der Waals surface area contributed by atoms with Crippen LogP contribution in [0.1, 0.15) is 25.8 Å². The SMILES string of the molecule is CCOC(=O)[C@H](CC)[C@@H](N)Cc1ccc(OC)c(OC)c1. The molecular formula is C16H25NO4. The van der Waals surface area contributed by atoms with E-state index in [0.717, 1.165) is 5.56 Å². The molecule has 2 N–H and O–H groups in total. The first kappa shape index (κ1) is 17.3. The van der Waals surface area contributed by atoms with Gasteiger partial charge in [0, 0.05) is 6.04 Å². The molecule has 0 aliphatic carbocycles. The summed E-state index contributed by atoms with van der Waals surface area (Å²) < 4.78 is 15.5. The average Bonchev–Trinajstić information content (AvgIpc) is 2.48. The third-order valence-corrected chi connectivity index (χ3v) is 3.47. The molecule has 5 heteroatoms. The van der Waals surface area contributed by atoms with Crippen LogP contribution in [0.5, 0.6) is 11.5 Å². The minimum Gasteiger partial charge on any atom is -0.493 e. The second-order valence-electron chi connectivity index (χ2n) is 4.82. The molecule has 0 heterocycles. The van der Waals surface area contributed by atoms with Crippen LogP contribution in [0, 0.1) is 5.92 Å². The second-order valence-corrected chi connectivity index (χ2v) is 4.82. The largest absolute Gasteiger partial charge is 0.493 e. The molecule has 1 aromatic rings. The van der Waals surface area contributed by atoms with E-state index in [4.69, 9.17) is 19.9 Å². The van der Waals surface area contributed by atoms with E-state index in [1.165, 1.54) is 0 Å². The molecule has 0 saturated heterocycles. The Morgan fingerprint density at radius 3 is 2.38 bits per heavy atom. The fourth-order valence-electron chi connectivity index (χ4n) is 2.32. The van der Waals surface area contributed by atoms with Gasteiger partial charge in [-0.05, 0) is 37.5 Å². The van der Waals surface area contributed by atoms with Crippen molar-refractivity contribution in [2.24, 2.45) is 11.7 Å². The molecule has 0 bridgehead atoms. The Morgan fingerprint density at radius 2 is 1.86 bits per heavy atom. The van der Waals surface area contributed by atoms with E-state index >= 15 is 0 Å². The van der Waals surface area contributed by atoms with Gasteiger partial charge in [0.2, 0.25) is 0 Å². The molecular weight excluding hydrogens is 270 g/mol. The van der Waals surface area contributed by atoms with E-state index in [0.29, 0.717) is 30.9 Å². The molecule has 0 aromatic heterocycles. The normalized spacial score (nSPS) is 13.4. The first-order valence-electron chi connectivity index (χ1n) is 7.20. The number of benzene rings is 1. The lowest BCUT2D eigenvalue weighted by Crippen LogP contribution is -2.38. The number of methoxy groups -OCH3 is 2. The predicted molar refractivity (Wildman–Crippen MR) is 81.6 cm³/mol. The molecule has 0 aliphatic heterocycles. The van der Waals surface area contributed by atoms with Crippen molar-refractivity contribution in [3.05, 3.63) is 23.8 Å². The van der Waals surface area contributed by atoms with Crippen LogP contribution in [0.15, 0.2) is 18.2 Å². The number of carbonyl (C=O) groups is 1. The van der Waals surface area contributed by atoms with Gasteiger partial charge in [-0.3, -0.25) is 4.79 Å². The van der Waals surface area contributed by atoms with Crippen LogP contribution in [-0.4, -0.2) is 32.8 Å². The molecule has 0 spiro atoms. The zero-order valence-electron chi connectivity index (χ0n) is 13.2. The minimum atomic E-state index is -0.293. The standard InChI is InChI=1S/C16H25NO4/c1-5-12(16(18)21-6-2)13(17)9-11-7-8-14(19-3)15(10-11)20-4/h7-8,10,12-13H,5-6,9,17H2,1-4H3/t12-,13+/m1/s1. The summed E-state index contributed by atoms with van der Waals surface area (Å²) in [5.41, 5.74) is 7.18. The maximum absolute atomic E-state index is 11.9. The lowest BCUT2D eigenvalue weighted by molar-refractivity contribution is -0.148. The van der Waals surface area contributed by atoms with Crippen molar-refractivity contribution in [3.8, 4) is 11.5 Å². The van der Waals surface area contributed by atoms with E-state index in [1.807, 2.05) is 25.1 Å². The van der Waals surface area contributed by atoms with Gasteiger partial charge in [-0.1, -0.05) is 13.0 Å². The number of hydrogen-bond acceptors (Lipinski definition) is 5. The van der Waals surface area contributed by atoms with Gasteiger partial charge in [-0.15, -0.1) is 0 Å². The number of carbonyl (C=O) groups excluding carboxylic acids is 1. The molecule has 2 atom stereocenters. The zero-order valence-corrected chi connectivity index (χ0v) is 13.2. The summed E-state index contributed by atoms with van der Waals surface area (Å²) in [6, 6.07) is 5.37. The van der Waals surface area contributed by atoms with Gasteiger partial charge in [0.25, 0.3) is 0 Å². The number of ether oxygens (including phenoxy) is 3. The van der Waals surface area contributed by atoms with Gasteiger partial charge in [0.15, 0.2) is 11.5 Å². The van der Waals surface area contributed by atoms with Crippen LogP contribution < -0.4 is 15.2 Å². The van der Waals surface area contributed by atoms with Crippen molar-refractivity contribution in [3.63, 3.8) is 0 Å². The maximum Gasteiger partial charge on any atom is 0.310 e. The van der Waals surface area contributed by atoms with Gasteiger partial charge in [0.05, 0.1) is 26.7 Å². The predicted octanol–water partition coefficient (Wildman–Crippen LogP) is 2.16. The summed E-state index contributed by atoms with van der Waals surface area (Å²) in [6.45, 7) is 4.11. The number of rotatable bonds is 8. The smallest absolute Gasteiger partial charge is 0.310 e. The third kappa shape index (κ3) is 4.63. The van der Waals surface area contributed by atoms with Crippen molar-refractivity contribution < 1.29 is 19.0 Å². The monoisotopic (exact) mass is 295 g/mol. The molecule has 1 aromatic carbocycles. The van der Waals surface area contributed by atoms with Crippen molar-refractivity contribution in [2.75, 3.05) is 20.8 Å². The van der Waals surface area contributed by atoms with Crippen molar-refractivity contribution in [1.82, 2.24) is 0 Å². The molecule has 0 saturated carbocycles.